The van der Waals surface area contributed by atoms with Crippen LogP contribution in [0.25, 0.3) is 0 Å². The number of benzene rings is 2. The summed E-state index contributed by atoms with van der Waals surface area (Å²) in [6, 6.07) is 12.4. The summed E-state index contributed by atoms with van der Waals surface area (Å²) in [5, 5.41) is 0. The highest BCUT2D eigenvalue weighted by Gasteiger charge is 2.13. The van der Waals surface area contributed by atoms with Crippen molar-refractivity contribution in [2.75, 3.05) is 7.05 Å². The van der Waals surface area contributed by atoms with E-state index in [-0.39, 0.29) is 5.91 Å². The van der Waals surface area contributed by atoms with Crippen LogP contribution in [0.4, 0.5) is 4.39 Å². The molecule has 1 amide bonds. The number of carbonyl (C=O) groups excluding carboxylic acids is 1. The Kier molecular flexibility index (Phi) is 4.55. The number of amides is 1. The number of hydrogen-bond donors (Lipinski definition) is 0. The Hall–Kier alpha value is -1.68. The third-order valence-electron chi connectivity index (χ3n) is 3.05. The van der Waals surface area contributed by atoms with Crippen molar-refractivity contribution in [3.63, 3.8) is 0 Å². The van der Waals surface area contributed by atoms with Crippen LogP contribution in [0, 0.1) is 12.7 Å². The number of halogens is 2. The van der Waals surface area contributed by atoms with Crippen molar-refractivity contribution in [2.24, 2.45) is 0 Å². The fourth-order valence-electron chi connectivity index (χ4n) is 1.89. The standard InChI is InChI=1S/C16H15BrFNO/c1-11-3-5-12(6-4-11)10-19(2)16(20)13-7-8-14(17)15(18)9-13/h3-9H,10H2,1-2H3. The topological polar surface area (TPSA) is 20.3 Å². The van der Waals surface area contributed by atoms with E-state index < -0.39 is 5.82 Å². The lowest BCUT2D eigenvalue weighted by molar-refractivity contribution is 0.0784. The van der Waals surface area contributed by atoms with Crippen molar-refractivity contribution in [1.82, 2.24) is 4.90 Å². The summed E-state index contributed by atoms with van der Waals surface area (Å²) in [5.41, 5.74) is 2.57. The zero-order chi connectivity index (χ0) is 14.7. The minimum Gasteiger partial charge on any atom is -0.337 e. The highest BCUT2D eigenvalue weighted by molar-refractivity contribution is 9.10. The van der Waals surface area contributed by atoms with E-state index >= 15 is 0 Å². The molecule has 0 heterocycles. The van der Waals surface area contributed by atoms with Gasteiger partial charge in [0.25, 0.3) is 5.91 Å². The van der Waals surface area contributed by atoms with Crippen molar-refractivity contribution in [3.05, 3.63) is 69.4 Å². The quantitative estimate of drug-likeness (QED) is 0.824. The maximum absolute atomic E-state index is 13.5. The van der Waals surface area contributed by atoms with E-state index in [2.05, 4.69) is 15.9 Å². The molecule has 20 heavy (non-hydrogen) atoms. The van der Waals surface area contributed by atoms with Crippen LogP contribution in [0.15, 0.2) is 46.9 Å². The lowest BCUT2D eigenvalue weighted by Gasteiger charge is -2.17. The monoisotopic (exact) mass is 335 g/mol. The molecule has 0 aliphatic heterocycles. The van der Waals surface area contributed by atoms with Gasteiger partial charge in [0.2, 0.25) is 0 Å². The summed E-state index contributed by atoms with van der Waals surface area (Å²) >= 11 is 3.08. The molecular weight excluding hydrogens is 321 g/mol. The number of carbonyl (C=O) groups is 1. The van der Waals surface area contributed by atoms with E-state index in [1.165, 1.54) is 11.6 Å². The van der Waals surface area contributed by atoms with Crippen LogP contribution in [0.1, 0.15) is 21.5 Å². The summed E-state index contributed by atoms with van der Waals surface area (Å²) in [6.07, 6.45) is 0. The van der Waals surface area contributed by atoms with E-state index in [1.54, 1.807) is 24.1 Å². The molecule has 0 fully saturated rings. The Morgan fingerprint density at radius 3 is 2.45 bits per heavy atom. The van der Waals surface area contributed by atoms with E-state index in [0.29, 0.717) is 16.6 Å². The smallest absolute Gasteiger partial charge is 0.253 e. The Labute approximate surface area is 126 Å². The highest BCUT2D eigenvalue weighted by Crippen LogP contribution is 2.18. The number of rotatable bonds is 3. The van der Waals surface area contributed by atoms with E-state index in [0.717, 1.165) is 5.56 Å². The minimum atomic E-state index is -0.431. The van der Waals surface area contributed by atoms with Gasteiger partial charge in [0.1, 0.15) is 5.82 Å². The molecule has 0 N–H and O–H groups in total. The predicted molar refractivity (Wildman–Crippen MR) is 81.1 cm³/mol. The van der Waals surface area contributed by atoms with Gasteiger partial charge in [0.15, 0.2) is 0 Å². The minimum absolute atomic E-state index is 0.197. The fraction of sp³-hybridized carbons (Fsp3) is 0.188. The van der Waals surface area contributed by atoms with Gasteiger partial charge in [-0.3, -0.25) is 4.79 Å². The molecule has 0 aromatic heterocycles. The number of aryl methyl sites for hydroxylation is 1. The van der Waals surface area contributed by atoms with Gasteiger partial charge in [0, 0.05) is 19.2 Å². The zero-order valence-corrected chi connectivity index (χ0v) is 12.9. The maximum atomic E-state index is 13.5. The SMILES string of the molecule is Cc1ccc(CN(C)C(=O)c2ccc(Br)c(F)c2)cc1. The molecule has 2 rings (SSSR count). The van der Waals surface area contributed by atoms with Crippen LogP contribution in [0.3, 0.4) is 0 Å². The van der Waals surface area contributed by atoms with Crippen LogP contribution in [-0.2, 0) is 6.54 Å². The molecule has 4 heteroatoms. The molecule has 2 aromatic rings. The maximum Gasteiger partial charge on any atom is 0.253 e. The van der Waals surface area contributed by atoms with Crippen molar-refractivity contribution in [2.45, 2.75) is 13.5 Å². The van der Waals surface area contributed by atoms with E-state index in [4.69, 9.17) is 0 Å². The Balaban J connectivity index is 2.11. The molecule has 0 saturated carbocycles. The number of hydrogen-bond acceptors (Lipinski definition) is 1. The van der Waals surface area contributed by atoms with Crippen LogP contribution in [-0.4, -0.2) is 17.9 Å². The van der Waals surface area contributed by atoms with Gasteiger partial charge >= 0.3 is 0 Å². The van der Waals surface area contributed by atoms with Crippen molar-refractivity contribution >= 4 is 21.8 Å². The summed E-state index contributed by atoms with van der Waals surface area (Å²) < 4.78 is 13.8. The van der Waals surface area contributed by atoms with Crippen LogP contribution >= 0.6 is 15.9 Å². The third kappa shape index (κ3) is 3.45. The highest BCUT2D eigenvalue weighted by atomic mass is 79.9. The summed E-state index contributed by atoms with van der Waals surface area (Å²) in [5.74, 6) is -0.628. The van der Waals surface area contributed by atoms with Crippen LogP contribution < -0.4 is 0 Å². The van der Waals surface area contributed by atoms with Crippen molar-refractivity contribution in [1.29, 1.82) is 0 Å². The van der Waals surface area contributed by atoms with Gasteiger partial charge in [-0.05, 0) is 46.6 Å². The van der Waals surface area contributed by atoms with Gasteiger partial charge in [-0.25, -0.2) is 4.39 Å². The lowest BCUT2D eigenvalue weighted by atomic mass is 10.1. The first-order valence-electron chi connectivity index (χ1n) is 6.23. The summed E-state index contributed by atoms with van der Waals surface area (Å²) in [7, 11) is 1.71. The van der Waals surface area contributed by atoms with Gasteiger partial charge in [-0.1, -0.05) is 29.8 Å². The third-order valence-corrected chi connectivity index (χ3v) is 3.70. The Bertz CT molecular complexity index is 625. The lowest BCUT2D eigenvalue weighted by Crippen LogP contribution is -2.26. The average molecular weight is 336 g/mol. The Morgan fingerprint density at radius 2 is 1.85 bits per heavy atom. The molecule has 0 aliphatic carbocycles. The average Bonchev–Trinajstić information content (AvgIpc) is 2.43. The van der Waals surface area contributed by atoms with Crippen LogP contribution in [0.5, 0.6) is 0 Å². The molecule has 0 aliphatic rings. The molecule has 0 radical (unpaired) electrons. The molecule has 0 atom stereocenters. The van der Waals surface area contributed by atoms with Gasteiger partial charge < -0.3 is 4.90 Å². The van der Waals surface area contributed by atoms with E-state index in [1.807, 2.05) is 31.2 Å². The molecule has 2 nitrogen and oxygen atoms in total. The molecule has 0 spiro atoms. The molecule has 2 aromatic carbocycles. The van der Waals surface area contributed by atoms with Gasteiger partial charge in [-0.2, -0.15) is 0 Å². The molecule has 0 saturated heterocycles. The molecule has 0 unspecified atom stereocenters. The predicted octanol–water partition coefficient (Wildman–Crippen LogP) is 4.17. The zero-order valence-electron chi connectivity index (χ0n) is 11.4. The Morgan fingerprint density at radius 1 is 1.20 bits per heavy atom. The van der Waals surface area contributed by atoms with Crippen LogP contribution in [0.2, 0.25) is 0 Å². The first-order valence-corrected chi connectivity index (χ1v) is 7.03. The fourth-order valence-corrected chi connectivity index (χ4v) is 2.14. The second kappa shape index (κ2) is 6.18. The molecule has 104 valence electrons. The van der Waals surface area contributed by atoms with E-state index in [9.17, 15) is 9.18 Å². The second-order valence-corrected chi connectivity index (χ2v) is 5.63. The normalized spacial score (nSPS) is 10.4. The molecular formula is C16H15BrFNO. The first-order chi connectivity index (χ1) is 9.47. The largest absolute Gasteiger partial charge is 0.337 e. The van der Waals surface area contributed by atoms with Crippen molar-refractivity contribution in [3.8, 4) is 0 Å². The summed E-state index contributed by atoms with van der Waals surface area (Å²) in [6.45, 7) is 2.51. The van der Waals surface area contributed by atoms with Gasteiger partial charge in [-0.15, -0.1) is 0 Å². The molecule has 0 bridgehead atoms. The second-order valence-electron chi connectivity index (χ2n) is 4.78. The summed E-state index contributed by atoms with van der Waals surface area (Å²) in [4.78, 5) is 13.8. The van der Waals surface area contributed by atoms with Gasteiger partial charge in [0.05, 0.1) is 4.47 Å². The van der Waals surface area contributed by atoms with Crippen molar-refractivity contribution < 1.29 is 9.18 Å². The first kappa shape index (κ1) is 14.7. The number of nitrogens with zero attached hydrogens (tertiary/aromatic N) is 1.